The highest BCUT2D eigenvalue weighted by Gasteiger charge is 2.06. The molecule has 0 aliphatic carbocycles. The van der Waals surface area contributed by atoms with Gasteiger partial charge in [0.1, 0.15) is 0 Å². The molecule has 0 amide bonds. The van der Waals surface area contributed by atoms with Crippen molar-refractivity contribution in [2.75, 3.05) is 32.5 Å². The van der Waals surface area contributed by atoms with Crippen LogP contribution in [0.5, 0.6) is 0 Å². The van der Waals surface area contributed by atoms with Gasteiger partial charge >= 0.3 is 0 Å². The number of benzene rings is 1. The lowest BCUT2D eigenvalue weighted by Gasteiger charge is -2.11. The van der Waals surface area contributed by atoms with E-state index in [1.807, 2.05) is 18.2 Å². The zero-order valence-corrected chi connectivity index (χ0v) is 18.0. The molecular formula is C20H24BrN5S. The zero-order chi connectivity index (χ0) is 19.1. The van der Waals surface area contributed by atoms with E-state index in [1.54, 1.807) is 17.5 Å². The summed E-state index contributed by atoms with van der Waals surface area (Å²) in [6.45, 7) is 2.97. The quantitative estimate of drug-likeness (QED) is 0.465. The first-order chi connectivity index (χ1) is 13.1. The second-order valence-electron chi connectivity index (χ2n) is 6.53. The van der Waals surface area contributed by atoms with Crippen molar-refractivity contribution in [1.29, 1.82) is 0 Å². The van der Waals surface area contributed by atoms with Crippen LogP contribution in [0.25, 0.3) is 10.6 Å². The summed E-state index contributed by atoms with van der Waals surface area (Å²) in [7, 11) is 4.20. The molecule has 3 rings (SSSR count). The van der Waals surface area contributed by atoms with Crippen molar-refractivity contribution in [2.24, 2.45) is 0 Å². The van der Waals surface area contributed by atoms with Gasteiger partial charge in [0.15, 0.2) is 0 Å². The summed E-state index contributed by atoms with van der Waals surface area (Å²) in [6, 6.07) is 14.4. The monoisotopic (exact) mass is 445 g/mol. The Morgan fingerprint density at radius 2 is 2.04 bits per heavy atom. The lowest BCUT2D eigenvalue weighted by Crippen LogP contribution is -2.21. The topological polar surface area (TPSA) is 53.1 Å². The minimum atomic E-state index is 0.605. The number of nitrogens with zero attached hydrogens (tertiary/aromatic N) is 3. The average molecular weight is 446 g/mol. The maximum absolute atomic E-state index is 4.63. The maximum atomic E-state index is 4.63. The van der Waals surface area contributed by atoms with Crippen LogP contribution in [0, 0.1) is 0 Å². The van der Waals surface area contributed by atoms with Crippen molar-refractivity contribution in [3.63, 3.8) is 0 Å². The SMILES string of the molecule is CN(C)CCCNCc1cccc(Nc2nccc(-c3ccc(Br)s3)n2)c1. The van der Waals surface area contributed by atoms with Crippen LogP contribution in [-0.2, 0) is 6.54 Å². The highest BCUT2D eigenvalue weighted by atomic mass is 79.9. The molecule has 0 aliphatic rings. The van der Waals surface area contributed by atoms with Crippen molar-refractivity contribution >= 4 is 38.9 Å². The molecular weight excluding hydrogens is 422 g/mol. The molecule has 0 saturated carbocycles. The van der Waals surface area contributed by atoms with Crippen molar-refractivity contribution in [2.45, 2.75) is 13.0 Å². The minimum Gasteiger partial charge on any atom is -0.324 e. The molecule has 1 aromatic carbocycles. The van der Waals surface area contributed by atoms with Crippen LogP contribution in [0.3, 0.4) is 0 Å². The van der Waals surface area contributed by atoms with Crippen LogP contribution in [0.4, 0.5) is 11.6 Å². The van der Waals surface area contributed by atoms with Crippen LogP contribution in [0.15, 0.2) is 52.4 Å². The number of hydrogen-bond donors (Lipinski definition) is 2. The molecule has 2 aromatic heterocycles. The number of thiophene rings is 1. The lowest BCUT2D eigenvalue weighted by molar-refractivity contribution is 0.394. The maximum Gasteiger partial charge on any atom is 0.227 e. The molecule has 2 heterocycles. The Labute approximate surface area is 173 Å². The summed E-state index contributed by atoms with van der Waals surface area (Å²) in [4.78, 5) is 12.3. The number of anilines is 2. The number of aromatic nitrogens is 2. The Morgan fingerprint density at radius 3 is 2.81 bits per heavy atom. The number of rotatable bonds is 9. The highest BCUT2D eigenvalue weighted by molar-refractivity contribution is 9.11. The van der Waals surface area contributed by atoms with E-state index >= 15 is 0 Å². The Kier molecular flexibility index (Phi) is 7.34. The van der Waals surface area contributed by atoms with E-state index in [0.29, 0.717) is 5.95 Å². The number of halogens is 1. The Balaban J connectivity index is 1.59. The number of nitrogens with one attached hydrogen (secondary N) is 2. The molecule has 0 fully saturated rings. The van der Waals surface area contributed by atoms with Gasteiger partial charge in [0.05, 0.1) is 14.4 Å². The third kappa shape index (κ3) is 6.39. The van der Waals surface area contributed by atoms with Gasteiger partial charge in [-0.2, -0.15) is 0 Å². The summed E-state index contributed by atoms with van der Waals surface area (Å²) in [5.74, 6) is 0.605. The van der Waals surface area contributed by atoms with Gasteiger partial charge in [-0.1, -0.05) is 12.1 Å². The van der Waals surface area contributed by atoms with E-state index in [9.17, 15) is 0 Å². The average Bonchev–Trinajstić information content (AvgIpc) is 3.08. The highest BCUT2D eigenvalue weighted by Crippen LogP contribution is 2.30. The predicted molar refractivity (Wildman–Crippen MR) is 118 cm³/mol. The second kappa shape index (κ2) is 9.94. The largest absolute Gasteiger partial charge is 0.324 e. The normalized spacial score (nSPS) is 11.1. The van der Waals surface area contributed by atoms with Gasteiger partial charge in [-0.05, 0) is 85.4 Å². The van der Waals surface area contributed by atoms with E-state index in [1.165, 1.54) is 5.56 Å². The first-order valence-corrected chi connectivity index (χ1v) is 10.5. The lowest BCUT2D eigenvalue weighted by atomic mass is 10.2. The summed E-state index contributed by atoms with van der Waals surface area (Å²) in [5.41, 5.74) is 3.15. The van der Waals surface area contributed by atoms with Gasteiger partial charge in [0.25, 0.3) is 0 Å². The summed E-state index contributed by atoms with van der Waals surface area (Å²) in [5, 5.41) is 6.81. The molecule has 0 spiro atoms. The van der Waals surface area contributed by atoms with Crippen LogP contribution in [-0.4, -0.2) is 42.1 Å². The fraction of sp³-hybridized carbons (Fsp3) is 0.300. The molecule has 0 atom stereocenters. The molecule has 0 aliphatic heterocycles. The Hall–Kier alpha value is -1.80. The summed E-state index contributed by atoms with van der Waals surface area (Å²) < 4.78 is 1.09. The van der Waals surface area contributed by atoms with Crippen LogP contribution in [0.1, 0.15) is 12.0 Å². The molecule has 0 saturated heterocycles. The van der Waals surface area contributed by atoms with Gasteiger partial charge in [-0.15, -0.1) is 11.3 Å². The molecule has 0 radical (unpaired) electrons. The molecule has 142 valence electrons. The van der Waals surface area contributed by atoms with Crippen LogP contribution >= 0.6 is 27.3 Å². The van der Waals surface area contributed by atoms with Gasteiger partial charge < -0.3 is 15.5 Å². The minimum absolute atomic E-state index is 0.605. The second-order valence-corrected chi connectivity index (χ2v) is 8.99. The van der Waals surface area contributed by atoms with E-state index in [0.717, 1.165) is 46.1 Å². The van der Waals surface area contributed by atoms with Crippen LogP contribution in [0.2, 0.25) is 0 Å². The first kappa shape index (κ1) is 19.9. The molecule has 3 aromatic rings. The molecule has 27 heavy (non-hydrogen) atoms. The van der Waals surface area contributed by atoms with Gasteiger partial charge in [0, 0.05) is 18.4 Å². The zero-order valence-electron chi connectivity index (χ0n) is 15.6. The van der Waals surface area contributed by atoms with E-state index in [4.69, 9.17) is 0 Å². The fourth-order valence-electron chi connectivity index (χ4n) is 2.65. The molecule has 0 bridgehead atoms. The van der Waals surface area contributed by atoms with Gasteiger partial charge in [0.2, 0.25) is 5.95 Å². The fourth-order valence-corrected chi connectivity index (χ4v) is 4.01. The summed E-state index contributed by atoms with van der Waals surface area (Å²) in [6.07, 6.45) is 2.93. The van der Waals surface area contributed by atoms with Gasteiger partial charge in [-0.3, -0.25) is 0 Å². The summed E-state index contributed by atoms with van der Waals surface area (Å²) >= 11 is 5.16. The van der Waals surface area contributed by atoms with Crippen molar-refractivity contribution < 1.29 is 0 Å². The smallest absolute Gasteiger partial charge is 0.227 e. The predicted octanol–water partition coefficient (Wildman–Crippen LogP) is 4.75. The molecule has 7 heteroatoms. The third-order valence-corrected chi connectivity index (χ3v) is 5.60. The molecule has 5 nitrogen and oxygen atoms in total. The van der Waals surface area contributed by atoms with Crippen molar-refractivity contribution in [3.05, 3.63) is 58.0 Å². The molecule has 2 N–H and O–H groups in total. The van der Waals surface area contributed by atoms with E-state index in [-0.39, 0.29) is 0 Å². The third-order valence-electron chi connectivity index (χ3n) is 3.95. The van der Waals surface area contributed by atoms with E-state index < -0.39 is 0 Å². The van der Waals surface area contributed by atoms with Crippen LogP contribution < -0.4 is 10.6 Å². The standard InChI is InChI=1S/C20H24BrN5S/c1-26(2)12-4-10-22-14-15-5-3-6-16(13-15)24-20-23-11-9-17(25-20)18-7-8-19(21)27-18/h3,5-9,11,13,22H,4,10,12,14H2,1-2H3,(H,23,24,25). The first-order valence-electron chi connectivity index (χ1n) is 8.90. The van der Waals surface area contributed by atoms with Gasteiger partial charge in [-0.25, -0.2) is 9.97 Å². The number of hydrogen-bond acceptors (Lipinski definition) is 6. The van der Waals surface area contributed by atoms with E-state index in [2.05, 4.69) is 79.8 Å². The Morgan fingerprint density at radius 1 is 1.15 bits per heavy atom. The molecule has 0 unspecified atom stereocenters. The Bertz CT molecular complexity index is 865. The van der Waals surface area contributed by atoms with Crippen molar-refractivity contribution in [3.8, 4) is 10.6 Å². The van der Waals surface area contributed by atoms with Crippen molar-refractivity contribution in [1.82, 2.24) is 20.2 Å².